The van der Waals surface area contributed by atoms with Crippen LogP contribution in [-0.4, -0.2) is 41.2 Å². The van der Waals surface area contributed by atoms with Crippen LogP contribution in [0, 0.1) is 11.8 Å². The minimum Gasteiger partial charge on any atom is -0.395 e. The van der Waals surface area contributed by atoms with Crippen molar-refractivity contribution in [3.63, 3.8) is 0 Å². The van der Waals surface area contributed by atoms with Crippen molar-refractivity contribution in [1.82, 2.24) is 5.32 Å². The minimum atomic E-state index is -0.474. The molecule has 1 aliphatic carbocycles. The van der Waals surface area contributed by atoms with E-state index in [0.717, 1.165) is 44.9 Å². The second-order valence-corrected chi connectivity index (χ2v) is 7.07. The normalized spacial score (nSPS) is 20.8. The Morgan fingerprint density at radius 1 is 1.30 bits per heavy atom. The second-order valence-electron chi connectivity index (χ2n) is 7.07. The van der Waals surface area contributed by atoms with Crippen molar-refractivity contribution in [2.24, 2.45) is 11.8 Å². The van der Waals surface area contributed by atoms with Crippen molar-refractivity contribution in [2.45, 2.75) is 64.4 Å². The van der Waals surface area contributed by atoms with Crippen LogP contribution in [0.2, 0.25) is 0 Å². The molecule has 0 radical (unpaired) electrons. The van der Waals surface area contributed by atoms with E-state index in [1.165, 1.54) is 0 Å². The van der Waals surface area contributed by atoms with E-state index in [2.05, 4.69) is 24.4 Å². The van der Waals surface area contributed by atoms with Crippen molar-refractivity contribution in [1.29, 1.82) is 0 Å². The number of carbonyl (C=O) groups is 2. The van der Waals surface area contributed by atoms with Crippen LogP contribution >= 0.6 is 0 Å². The number of ketones is 1. The lowest BCUT2D eigenvalue weighted by Gasteiger charge is -2.13. The summed E-state index contributed by atoms with van der Waals surface area (Å²) in [5.74, 6) is 0.0239. The van der Waals surface area contributed by atoms with Crippen molar-refractivity contribution >= 4 is 11.7 Å². The standard InChI is InChI=1S/C22H35NO4/c1-2-3-6-10-19(25)13-14-20-18(12-15-21(20)26)9-7-4-5-8-11-22(27)23-16-17-24/h4,7,12-15,18-20,24-25H,2-3,5-6,8-11,16-17H2,1H3,(H,23,27)/b7-4-,14-13+/t18-,19+,20+/m0/s1. The van der Waals surface area contributed by atoms with E-state index >= 15 is 0 Å². The zero-order chi connectivity index (χ0) is 19.9. The van der Waals surface area contributed by atoms with E-state index in [-0.39, 0.29) is 30.1 Å². The van der Waals surface area contributed by atoms with E-state index in [1.807, 2.05) is 12.2 Å². The first-order chi connectivity index (χ1) is 13.1. The molecule has 0 saturated heterocycles. The van der Waals surface area contributed by atoms with Gasteiger partial charge in [0.25, 0.3) is 0 Å². The summed E-state index contributed by atoms with van der Waals surface area (Å²) in [5, 5.41) is 21.3. The number of unbranched alkanes of at least 4 members (excludes halogenated alkanes) is 3. The van der Waals surface area contributed by atoms with Crippen LogP contribution in [0.4, 0.5) is 0 Å². The number of amides is 1. The Kier molecular flexibility index (Phi) is 12.4. The summed E-state index contributed by atoms with van der Waals surface area (Å²) < 4.78 is 0. The van der Waals surface area contributed by atoms with Crippen molar-refractivity contribution in [2.75, 3.05) is 13.2 Å². The number of aliphatic hydroxyl groups is 2. The molecule has 5 heteroatoms. The summed E-state index contributed by atoms with van der Waals surface area (Å²) in [6.45, 7) is 2.40. The van der Waals surface area contributed by atoms with E-state index in [9.17, 15) is 14.7 Å². The number of hydrogen-bond acceptors (Lipinski definition) is 4. The second kappa shape index (κ2) is 14.4. The molecule has 0 aromatic carbocycles. The summed E-state index contributed by atoms with van der Waals surface area (Å²) in [5.41, 5.74) is 0. The highest BCUT2D eigenvalue weighted by atomic mass is 16.3. The molecule has 0 aromatic rings. The van der Waals surface area contributed by atoms with Gasteiger partial charge in [0.15, 0.2) is 5.78 Å². The quantitative estimate of drug-likeness (QED) is 0.321. The molecular formula is C22H35NO4. The summed E-state index contributed by atoms with van der Waals surface area (Å²) in [6, 6.07) is 0. The molecular weight excluding hydrogens is 342 g/mol. The average Bonchev–Trinajstić information content (AvgIpc) is 3.01. The number of allylic oxidation sites excluding steroid dienone is 5. The Bertz CT molecular complexity index is 524. The van der Waals surface area contributed by atoms with Gasteiger partial charge in [-0.2, -0.15) is 0 Å². The molecule has 152 valence electrons. The summed E-state index contributed by atoms with van der Waals surface area (Å²) >= 11 is 0. The maximum absolute atomic E-state index is 12.0. The molecule has 5 nitrogen and oxygen atoms in total. The van der Waals surface area contributed by atoms with Gasteiger partial charge >= 0.3 is 0 Å². The smallest absolute Gasteiger partial charge is 0.220 e. The van der Waals surface area contributed by atoms with Crippen LogP contribution in [-0.2, 0) is 9.59 Å². The van der Waals surface area contributed by atoms with E-state index < -0.39 is 6.10 Å². The number of rotatable bonds is 14. The fraction of sp³-hybridized carbons (Fsp3) is 0.636. The van der Waals surface area contributed by atoms with E-state index in [1.54, 1.807) is 12.2 Å². The molecule has 0 heterocycles. The molecule has 0 bridgehead atoms. The molecule has 0 unspecified atom stereocenters. The first-order valence-electron chi connectivity index (χ1n) is 10.2. The van der Waals surface area contributed by atoms with Gasteiger partial charge in [-0.15, -0.1) is 0 Å². The third kappa shape index (κ3) is 10.3. The van der Waals surface area contributed by atoms with Crippen LogP contribution in [0.3, 0.4) is 0 Å². The molecule has 27 heavy (non-hydrogen) atoms. The molecule has 0 spiro atoms. The molecule has 3 N–H and O–H groups in total. The number of hydrogen-bond donors (Lipinski definition) is 3. The predicted octanol–water partition coefficient (Wildman–Crippen LogP) is 3.08. The lowest BCUT2D eigenvalue weighted by Crippen LogP contribution is -2.25. The molecule has 1 amide bonds. The number of carbonyl (C=O) groups excluding carboxylic acids is 2. The van der Waals surface area contributed by atoms with Crippen molar-refractivity contribution in [3.8, 4) is 0 Å². The van der Waals surface area contributed by atoms with Gasteiger partial charge in [0.05, 0.1) is 12.7 Å². The highest BCUT2D eigenvalue weighted by molar-refractivity contribution is 5.95. The molecule has 0 saturated carbocycles. The predicted molar refractivity (Wildman–Crippen MR) is 108 cm³/mol. The average molecular weight is 378 g/mol. The Balaban J connectivity index is 2.31. The number of aliphatic hydroxyl groups excluding tert-OH is 2. The Hall–Kier alpha value is -1.72. The van der Waals surface area contributed by atoms with Crippen LogP contribution in [0.1, 0.15) is 58.3 Å². The van der Waals surface area contributed by atoms with Crippen LogP contribution in [0.25, 0.3) is 0 Å². The van der Waals surface area contributed by atoms with Gasteiger partial charge in [0, 0.05) is 18.9 Å². The molecule has 3 atom stereocenters. The van der Waals surface area contributed by atoms with Gasteiger partial charge in [-0.05, 0) is 37.7 Å². The molecule has 0 fully saturated rings. The van der Waals surface area contributed by atoms with E-state index in [0.29, 0.717) is 13.0 Å². The minimum absolute atomic E-state index is 0.0371. The van der Waals surface area contributed by atoms with Crippen LogP contribution in [0.15, 0.2) is 36.5 Å². The lowest BCUT2D eigenvalue weighted by molar-refractivity contribution is -0.121. The fourth-order valence-electron chi connectivity index (χ4n) is 3.11. The monoisotopic (exact) mass is 377 g/mol. The SMILES string of the molecule is CCCCC[C@@H](O)/C=C/[C@H]1C(=O)C=C[C@@H]1C/C=C\CCCC(=O)NCCO. The highest BCUT2D eigenvalue weighted by Gasteiger charge is 2.26. The Morgan fingerprint density at radius 2 is 2.11 bits per heavy atom. The maximum Gasteiger partial charge on any atom is 0.220 e. The molecule has 0 aromatic heterocycles. The third-order valence-corrected chi connectivity index (χ3v) is 4.73. The number of nitrogens with one attached hydrogen (secondary N) is 1. The van der Waals surface area contributed by atoms with Gasteiger partial charge < -0.3 is 15.5 Å². The molecule has 1 aliphatic rings. The first-order valence-corrected chi connectivity index (χ1v) is 10.2. The van der Waals surface area contributed by atoms with Gasteiger partial charge in [-0.1, -0.05) is 56.6 Å². The third-order valence-electron chi connectivity index (χ3n) is 4.73. The van der Waals surface area contributed by atoms with Gasteiger partial charge in [-0.25, -0.2) is 0 Å². The van der Waals surface area contributed by atoms with Gasteiger partial charge in [0.2, 0.25) is 5.91 Å². The van der Waals surface area contributed by atoms with Gasteiger partial charge in [-0.3, -0.25) is 9.59 Å². The summed E-state index contributed by atoms with van der Waals surface area (Å²) in [7, 11) is 0. The topological polar surface area (TPSA) is 86.6 Å². The zero-order valence-corrected chi connectivity index (χ0v) is 16.5. The summed E-state index contributed by atoms with van der Waals surface area (Å²) in [6.07, 6.45) is 17.7. The van der Waals surface area contributed by atoms with Crippen LogP contribution in [0.5, 0.6) is 0 Å². The lowest BCUT2D eigenvalue weighted by atomic mass is 9.90. The van der Waals surface area contributed by atoms with Crippen molar-refractivity contribution in [3.05, 3.63) is 36.5 Å². The molecule has 1 rings (SSSR count). The zero-order valence-electron chi connectivity index (χ0n) is 16.5. The fourth-order valence-corrected chi connectivity index (χ4v) is 3.11. The Morgan fingerprint density at radius 3 is 2.85 bits per heavy atom. The maximum atomic E-state index is 12.0. The molecule has 0 aliphatic heterocycles. The van der Waals surface area contributed by atoms with E-state index in [4.69, 9.17) is 5.11 Å². The van der Waals surface area contributed by atoms with Gasteiger partial charge in [0.1, 0.15) is 0 Å². The van der Waals surface area contributed by atoms with Crippen molar-refractivity contribution < 1.29 is 19.8 Å². The highest BCUT2D eigenvalue weighted by Crippen LogP contribution is 2.27. The van der Waals surface area contributed by atoms with Crippen LogP contribution < -0.4 is 5.32 Å². The largest absolute Gasteiger partial charge is 0.395 e. The summed E-state index contributed by atoms with van der Waals surface area (Å²) in [4.78, 5) is 23.5. The first kappa shape index (κ1) is 23.3. The Labute approximate surface area is 163 Å².